The Labute approximate surface area is 113 Å². The lowest BCUT2D eigenvalue weighted by Crippen LogP contribution is -2.04. The zero-order chi connectivity index (χ0) is 14.0. The van der Waals surface area contributed by atoms with E-state index in [1.165, 1.54) is 4.68 Å². The number of nitrogens with zero attached hydrogens (tertiary/aromatic N) is 3. The minimum atomic E-state index is -0.538. The molecule has 0 aliphatic rings. The predicted molar refractivity (Wildman–Crippen MR) is 68.7 cm³/mol. The summed E-state index contributed by atoms with van der Waals surface area (Å²) >= 11 is 5.90. The van der Waals surface area contributed by atoms with Gasteiger partial charge in [0.05, 0.1) is 28.6 Å². The van der Waals surface area contributed by atoms with Crippen LogP contribution in [-0.4, -0.2) is 14.7 Å². The lowest BCUT2D eigenvalue weighted by atomic mass is 10.2. The van der Waals surface area contributed by atoms with Crippen molar-refractivity contribution in [1.29, 1.82) is 0 Å². The van der Waals surface area contributed by atoms with Gasteiger partial charge in [-0.05, 0) is 19.1 Å². The molecule has 0 aliphatic carbocycles. The fourth-order valence-electron chi connectivity index (χ4n) is 1.70. The summed E-state index contributed by atoms with van der Waals surface area (Å²) in [5, 5.41) is 14.7. The average molecular weight is 284 g/mol. The molecule has 0 bridgehead atoms. The predicted octanol–water partition coefficient (Wildman–Crippen LogP) is 3.28. The minimum absolute atomic E-state index is 0.123. The van der Waals surface area contributed by atoms with Crippen molar-refractivity contribution >= 4 is 17.3 Å². The Morgan fingerprint density at radius 3 is 2.89 bits per heavy atom. The second-order valence-corrected chi connectivity index (χ2v) is 4.77. The van der Waals surface area contributed by atoms with Gasteiger partial charge < -0.3 is 0 Å². The third-order valence-corrected chi connectivity index (χ3v) is 2.94. The zero-order valence-corrected chi connectivity index (χ0v) is 10.8. The van der Waals surface area contributed by atoms with Crippen LogP contribution in [0.2, 0.25) is 0 Å². The van der Waals surface area contributed by atoms with Crippen molar-refractivity contribution in [3.8, 4) is 0 Å². The third kappa shape index (κ3) is 3.08. The summed E-state index contributed by atoms with van der Waals surface area (Å²) < 4.78 is 14.7. The van der Waals surface area contributed by atoms with E-state index >= 15 is 0 Å². The van der Waals surface area contributed by atoms with Gasteiger partial charge in [-0.1, -0.05) is 0 Å². The highest BCUT2D eigenvalue weighted by Gasteiger charge is 2.15. The molecule has 100 valence electrons. The van der Waals surface area contributed by atoms with Gasteiger partial charge in [-0.15, -0.1) is 11.6 Å². The third-order valence-electron chi connectivity index (χ3n) is 2.68. The van der Waals surface area contributed by atoms with Crippen molar-refractivity contribution in [3.63, 3.8) is 0 Å². The van der Waals surface area contributed by atoms with E-state index in [2.05, 4.69) is 5.10 Å². The van der Waals surface area contributed by atoms with Gasteiger partial charge in [0.15, 0.2) is 0 Å². The summed E-state index contributed by atoms with van der Waals surface area (Å²) in [7, 11) is 0. The second kappa shape index (κ2) is 5.36. The molecular formula is C12H11ClFN3O2. The SMILES string of the molecule is CC(Cl)c1cnn(Cc2cc(F)ccc2[N+](=O)[O-])c1. The Morgan fingerprint density at radius 2 is 2.32 bits per heavy atom. The highest BCUT2D eigenvalue weighted by molar-refractivity contribution is 6.20. The smallest absolute Gasteiger partial charge is 0.268 e. The molecule has 1 unspecified atom stereocenters. The molecule has 0 amide bonds. The summed E-state index contributed by atoms with van der Waals surface area (Å²) in [6, 6.07) is 3.36. The van der Waals surface area contributed by atoms with Crippen LogP contribution < -0.4 is 0 Å². The Morgan fingerprint density at radius 1 is 1.58 bits per heavy atom. The molecule has 2 rings (SSSR count). The molecule has 5 nitrogen and oxygen atoms in total. The van der Waals surface area contributed by atoms with E-state index in [1.54, 1.807) is 19.3 Å². The van der Waals surface area contributed by atoms with Crippen molar-refractivity contribution in [3.05, 3.63) is 57.7 Å². The second-order valence-electron chi connectivity index (χ2n) is 4.12. The molecule has 0 saturated heterocycles. The van der Waals surface area contributed by atoms with Crippen LogP contribution in [0.25, 0.3) is 0 Å². The standard InChI is InChI=1S/C12H11ClFN3O2/c1-8(13)10-5-15-16(7-10)6-9-4-11(14)2-3-12(9)17(18)19/h2-5,7-8H,6H2,1H3. The fraction of sp³-hybridized carbons (Fsp3) is 0.250. The number of hydrogen-bond acceptors (Lipinski definition) is 3. The van der Waals surface area contributed by atoms with E-state index in [0.717, 1.165) is 23.8 Å². The number of alkyl halides is 1. The number of halogens is 2. The van der Waals surface area contributed by atoms with E-state index in [4.69, 9.17) is 11.6 Å². The van der Waals surface area contributed by atoms with Gasteiger partial charge in [0.2, 0.25) is 0 Å². The summed E-state index contributed by atoms with van der Waals surface area (Å²) in [6.45, 7) is 1.92. The van der Waals surface area contributed by atoms with Crippen molar-refractivity contribution in [1.82, 2.24) is 9.78 Å². The van der Waals surface area contributed by atoms with Gasteiger partial charge in [-0.2, -0.15) is 5.10 Å². The maximum Gasteiger partial charge on any atom is 0.274 e. The summed E-state index contributed by atoms with van der Waals surface area (Å²) in [5.74, 6) is -0.515. The maximum absolute atomic E-state index is 13.2. The molecule has 0 fully saturated rings. The van der Waals surface area contributed by atoms with E-state index in [1.807, 2.05) is 0 Å². The summed E-state index contributed by atoms with van der Waals surface area (Å²) in [4.78, 5) is 10.3. The van der Waals surface area contributed by atoms with Crippen LogP contribution in [-0.2, 0) is 6.54 Å². The van der Waals surface area contributed by atoms with Crippen LogP contribution in [0.15, 0.2) is 30.6 Å². The van der Waals surface area contributed by atoms with Crippen molar-refractivity contribution in [2.24, 2.45) is 0 Å². The first-order chi connectivity index (χ1) is 8.97. The average Bonchev–Trinajstić information content (AvgIpc) is 2.77. The van der Waals surface area contributed by atoms with Gasteiger partial charge in [0.1, 0.15) is 5.82 Å². The van der Waals surface area contributed by atoms with E-state index < -0.39 is 10.7 Å². The minimum Gasteiger partial charge on any atom is -0.268 e. The highest BCUT2D eigenvalue weighted by Crippen LogP contribution is 2.22. The Balaban J connectivity index is 2.31. The molecule has 0 saturated carbocycles. The molecule has 0 radical (unpaired) electrons. The molecule has 0 N–H and O–H groups in total. The first kappa shape index (κ1) is 13.5. The molecule has 19 heavy (non-hydrogen) atoms. The molecule has 1 atom stereocenters. The summed E-state index contributed by atoms with van der Waals surface area (Å²) in [6.07, 6.45) is 3.27. The Kier molecular flexibility index (Phi) is 3.80. The molecule has 1 aromatic heterocycles. The molecule has 1 aromatic carbocycles. The number of benzene rings is 1. The van der Waals surface area contributed by atoms with Crippen molar-refractivity contribution in [2.45, 2.75) is 18.8 Å². The molecule has 0 aliphatic heterocycles. The van der Waals surface area contributed by atoms with Crippen LogP contribution in [0, 0.1) is 15.9 Å². The van der Waals surface area contributed by atoms with Gasteiger partial charge in [0, 0.05) is 17.8 Å². The monoisotopic (exact) mass is 283 g/mol. The van der Waals surface area contributed by atoms with E-state index in [9.17, 15) is 14.5 Å². The number of hydrogen-bond donors (Lipinski definition) is 0. The molecule has 2 aromatic rings. The first-order valence-electron chi connectivity index (χ1n) is 5.56. The number of aromatic nitrogens is 2. The molecule has 1 heterocycles. The van der Waals surface area contributed by atoms with Gasteiger partial charge >= 0.3 is 0 Å². The maximum atomic E-state index is 13.2. The topological polar surface area (TPSA) is 61.0 Å². The van der Waals surface area contributed by atoms with Gasteiger partial charge in [-0.25, -0.2) is 4.39 Å². The van der Waals surface area contributed by atoms with Crippen LogP contribution in [0.1, 0.15) is 23.4 Å². The van der Waals surface area contributed by atoms with Crippen LogP contribution in [0.5, 0.6) is 0 Å². The number of nitro groups is 1. The van der Waals surface area contributed by atoms with E-state index in [0.29, 0.717) is 0 Å². The fourth-order valence-corrected chi connectivity index (χ4v) is 1.82. The molecule has 7 heteroatoms. The highest BCUT2D eigenvalue weighted by atomic mass is 35.5. The Hall–Kier alpha value is -1.95. The normalized spacial score (nSPS) is 12.4. The quantitative estimate of drug-likeness (QED) is 0.491. The zero-order valence-electron chi connectivity index (χ0n) is 10.1. The van der Waals surface area contributed by atoms with Gasteiger partial charge in [-0.3, -0.25) is 14.8 Å². The van der Waals surface area contributed by atoms with Crippen LogP contribution in [0.3, 0.4) is 0 Å². The van der Waals surface area contributed by atoms with Crippen LogP contribution >= 0.6 is 11.6 Å². The summed E-state index contributed by atoms with van der Waals surface area (Å²) in [5.41, 5.74) is 0.944. The van der Waals surface area contributed by atoms with Crippen molar-refractivity contribution < 1.29 is 9.31 Å². The van der Waals surface area contributed by atoms with Crippen LogP contribution in [0.4, 0.5) is 10.1 Å². The molecular weight excluding hydrogens is 273 g/mol. The number of rotatable bonds is 4. The molecule has 0 spiro atoms. The van der Waals surface area contributed by atoms with Gasteiger partial charge in [0.25, 0.3) is 5.69 Å². The van der Waals surface area contributed by atoms with E-state index in [-0.39, 0.29) is 23.2 Å². The first-order valence-corrected chi connectivity index (χ1v) is 6.00. The Bertz CT molecular complexity index is 613. The number of nitro benzene ring substituents is 1. The lowest BCUT2D eigenvalue weighted by Gasteiger charge is -2.03. The lowest BCUT2D eigenvalue weighted by molar-refractivity contribution is -0.385. The largest absolute Gasteiger partial charge is 0.274 e. The van der Waals surface area contributed by atoms with Crippen molar-refractivity contribution in [2.75, 3.05) is 0 Å².